The van der Waals surface area contributed by atoms with Crippen molar-refractivity contribution in [3.8, 4) is 5.88 Å². The van der Waals surface area contributed by atoms with Crippen LogP contribution in [0.3, 0.4) is 0 Å². The van der Waals surface area contributed by atoms with E-state index in [2.05, 4.69) is 38.6 Å². The molecular weight excluding hydrogens is 349 g/mol. The average Bonchev–Trinajstić information content (AvgIpc) is 2.25. The van der Waals surface area contributed by atoms with E-state index >= 15 is 0 Å². The summed E-state index contributed by atoms with van der Waals surface area (Å²) in [4.78, 5) is 7.94. The minimum Gasteiger partial charge on any atom is -0.493 e. The highest BCUT2D eigenvalue weighted by molar-refractivity contribution is 14.1. The van der Waals surface area contributed by atoms with Gasteiger partial charge in [0.15, 0.2) is 5.16 Å². The number of halogens is 1. The molecule has 4 nitrogen and oxygen atoms in total. The molecule has 0 atom stereocenters. The second kappa shape index (κ2) is 5.54. The van der Waals surface area contributed by atoms with Crippen molar-refractivity contribution in [2.45, 2.75) is 10.9 Å². The monoisotopic (exact) mass is 359 g/mol. The molecule has 0 radical (unpaired) electrons. The number of nitrogens with two attached hydrogens (primary N) is 1. The van der Waals surface area contributed by atoms with Crippen molar-refractivity contribution < 1.29 is 5.11 Å². The summed E-state index contributed by atoms with van der Waals surface area (Å²) in [5, 5.41) is 9.78. The summed E-state index contributed by atoms with van der Waals surface area (Å²) in [6.45, 7) is 0. The zero-order valence-corrected chi connectivity index (χ0v) is 11.8. The number of hydrogen-bond donors (Lipinski definition) is 2. The number of nitrogens with zero attached hydrogens (tertiary/aromatic N) is 2. The summed E-state index contributed by atoms with van der Waals surface area (Å²) in [7, 11) is 0. The van der Waals surface area contributed by atoms with Crippen molar-refractivity contribution in [3.63, 3.8) is 0 Å². The lowest BCUT2D eigenvalue weighted by molar-refractivity contribution is 0.446. The van der Waals surface area contributed by atoms with Gasteiger partial charge in [0.2, 0.25) is 5.88 Å². The molecular formula is C11H10IN3OS. The van der Waals surface area contributed by atoms with Crippen LogP contribution in [0.4, 0.5) is 5.82 Å². The van der Waals surface area contributed by atoms with Crippen molar-refractivity contribution in [1.82, 2.24) is 9.97 Å². The van der Waals surface area contributed by atoms with E-state index in [4.69, 9.17) is 5.73 Å². The topological polar surface area (TPSA) is 72.0 Å². The van der Waals surface area contributed by atoms with Crippen molar-refractivity contribution >= 4 is 40.2 Å². The molecule has 0 saturated carbocycles. The van der Waals surface area contributed by atoms with Crippen LogP contribution in [0.25, 0.3) is 0 Å². The fourth-order valence-corrected chi connectivity index (χ4v) is 2.68. The fraction of sp³-hybridized carbons (Fsp3) is 0.0909. The molecule has 0 saturated heterocycles. The van der Waals surface area contributed by atoms with Crippen LogP contribution in [0.1, 0.15) is 5.56 Å². The van der Waals surface area contributed by atoms with E-state index in [9.17, 15) is 5.11 Å². The quantitative estimate of drug-likeness (QED) is 0.501. The van der Waals surface area contributed by atoms with Gasteiger partial charge in [-0.3, -0.25) is 0 Å². The maximum absolute atomic E-state index is 9.29. The van der Waals surface area contributed by atoms with E-state index in [-0.39, 0.29) is 11.7 Å². The molecule has 88 valence electrons. The van der Waals surface area contributed by atoms with E-state index in [0.29, 0.717) is 5.16 Å². The van der Waals surface area contributed by atoms with Crippen LogP contribution in [0.2, 0.25) is 0 Å². The van der Waals surface area contributed by atoms with Crippen molar-refractivity contribution in [3.05, 3.63) is 39.5 Å². The third-order valence-electron chi connectivity index (χ3n) is 1.97. The highest BCUT2D eigenvalue weighted by Crippen LogP contribution is 2.22. The first-order valence-electron chi connectivity index (χ1n) is 4.84. The van der Waals surface area contributed by atoms with Gasteiger partial charge in [-0.1, -0.05) is 23.9 Å². The summed E-state index contributed by atoms with van der Waals surface area (Å²) >= 11 is 3.71. The Balaban J connectivity index is 2.07. The normalized spacial score (nSPS) is 10.4. The summed E-state index contributed by atoms with van der Waals surface area (Å²) in [5.74, 6) is 0.935. The maximum Gasteiger partial charge on any atom is 0.216 e. The van der Waals surface area contributed by atoms with Crippen molar-refractivity contribution in [1.29, 1.82) is 0 Å². The minimum absolute atomic E-state index is 0.0948. The number of anilines is 1. The van der Waals surface area contributed by atoms with Crippen molar-refractivity contribution in [2.24, 2.45) is 0 Å². The highest BCUT2D eigenvalue weighted by Gasteiger charge is 2.03. The number of benzene rings is 1. The molecule has 0 aliphatic heterocycles. The van der Waals surface area contributed by atoms with Gasteiger partial charge < -0.3 is 10.8 Å². The van der Waals surface area contributed by atoms with E-state index in [1.54, 1.807) is 0 Å². The second-order valence-corrected chi connectivity index (χ2v) is 5.54. The van der Waals surface area contributed by atoms with Gasteiger partial charge in [0.1, 0.15) is 5.82 Å². The molecule has 0 bridgehead atoms. The van der Waals surface area contributed by atoms with Gasteiger partial charge in [-0.15, -0.1) is 0 Å². The summed E-state index contributed by atoms with van der Waals surface area (Å²) in [6, 6.07) is 9.52. The molecule has 1 heterocycles. The predicted molar refractivity (Wildman–Crippen MR) is 76.8 cm³/mol. The highest BCUT2D eigenvalue weighted by atomic mass is 127. The molecule has 0 aliphatic rings. The zero-order chi connectivity index (χ0) is 12.3. The Morgan fingerprint density at radius 3 is 2.82 bits per heavy atom. The van der Waals surface area contributed by atoms with Crippen LogP contribution < -0.4 is 5.73 Å². The Labute approximate surface area is 117 Å². The average molecular weight is 359 g/mol. The number of hydrogen-bond acceptors (Lipinski definition) is 5. The van der Waals surface area contributed by atoms with Gasteiger partial charge in [-0.2, -0.15) is 4.98 Å². The van der Waals surface area contributed by atoms with Gasteiger partial charge in [0.05, 0.1) is 0 Å². The Hall–Kier alpha value is -1.02. The van der Waals surface area contributed by atoms with Gasteiger partial charge in [-0.05, 0) is 40.3 Å². The van der Waals surface area contributed by atoms with Crippen LogP contribution >= 0.6 is 34.4 Å². The minimum atomic E-state index is -0.0948. The Kier molecular flexibility index (Phi) is 4.06. The molecule has 3 N–H and O–H groups in total. The summed E-state index contributed by atoms with van der Waals surface area (Å²) in [6.07, 6.45) is 0. The molecule has 0 fully saturated rings. The third kappa shape index (κ3) is 3.74. The standard InChI is InChI=1S/C11H10IN3OS/c12-8-3-1-2-7(4-8)6-17-11-14-9(13)5-10(16)15-11/h1-5H,6H2,(H3,13,14,15,16). The lowest BCUT2D eigenvalue weighted by Gasteiger charge is -2.02. The molecule has 1 aromatic carbocycles. The first-order chi connectivity index (χ1) is 8.13. The lowest BCUT2D eigenvalue weighted by atomic mass is 10.2. The van der Waals surface area contributed by atoms with Crippen LogP contribution in [-0.2, 0) is 5.75 Å². The first-order valence-corrected chi connectivity index (χ1v) is 6.91. The number of thioether (sulfide) groups is 1. The first kappa shape index (κ1) is 12.4. The SMILES string of the molecule is Nc1cc(O)nc(SCc2cccc(I)c2)n1. The van der Waals surface area contributed by atoms with Gasteiger partial charge >= 0.3 is 0 Å². The smallest absolute Gasteiger partial charge is 0.216 e. The molecule has 0 amide bonds. The van der Waals surface area contributed by atoms with Crippen LogP contribution in [0.15, 0.2) is 35.5 Å². The van der Waals surface area contributed by atoms with Crippen LogP contribution in [-0.4, -0.2) is 15.1 Å². The van der Waals surface area contributed by atoms with E-state index < -0.39 is 0 Å². The maximum atomic E-state index is 9.29. The summed E-state index contributed by atoms with van der Waals surface area (Å²) in [5.41, 5.74) is 6.71. The third-order valence-corrected chi connectivity index (χ3v) is 3.56. The number of aromatic hydroxyl groups is 1. The largest absolute Gasteiger partial charge is 0.493 e. The van der Waals surface area contributed by atoms with Crippen LogP contribution in [0, 0.1) is 3.57 Å². The lowest BCUT2D eigenvalue weighted by Crippen LogP contribution is -1.94. The van der Waals surface area contributed by atoms with Crippen LogP contribution in [0.5, 0.6) is 5.88 Å². The van der Waals surface area contributed by atoms with Gasteiger partial charge in [0.25, 0.3) is 0 Å². The number of nitrogen functional groups attached to an aromatic ring is 1. The van der Waals surface area contributed by atoms with E-state index in [1.165, 1.54) is 27.0 Å². The van der Waals surface area contributed by atoms with E-state index in [0.717, 1.165) is 5.75 Å². The Morgan fingerprint density at radius 2 is 2.12 bits per heavy atom. The second-order valence-electron chi connectivity index (χ2n) is 3.35. The molecule has 2 rings (SSSR count). The Bertz CT molecular complexity index is 516. The molecule has 2 aromatic rings. The Morgan fingerprint density at radius 1 is 1.29 bits per heavy atom. The van der Waals surface area contributed by atoms with Gasteiger partial charge in [-0.25, -0.2) is 4.98 Å². The number of rotatable bonds is 3. The molecule has 17 heavy (non-hydrogen) atoms. The molecule has 0 unspecified atom stereocenters. The zero-order valence-electron chi connectivity index (χ0n) is 8.80. The predicted octanol–water partition coefficient (Wildman–Crippen LogP) is 2.66. The molecule has 0 aliphatic carbocycles. The summed E-state index contributed by atoms with van der Waals surface area (Å²) < 4.78 is 1.19. The molecule has 6 heteroatoms. The molecule has 1 aromatic heterocycles. The van der Waals surface area contributed by atoms with E-state index in [1.807, 2.05) is 18.2 Å². The van der Waals surface area contributed by atoms with Crippen molar-refractivity contribution in [2.75, 3.05) is 5.73 Å². The fourth-order valence-electron chi connectivity index (χ4n) is 1.27. The van der Waals surface area contributed by atoms with Gasteiger partial charge in [0, 0.05) is 15.4 Å². The molecule has 0 spiro atoms. The number of aromatic nitrogens is 2.